The van der Waals surface area contributed by atoms with Crippen LogP contribution in [0, 0.1) is 6.92 Å². The number of rotatable bonds is 4. The average Bonchev–Trinajstić information content (AvgIpc) is 2.06. The van der Waals surface area contributed by atoms with Crippen LogP contribution in [-0.2, 0) is 10.8 Å². The average molecular weight is 208 g/mol. The van der Waals surface area contributed by atoms with Crippen LogP contribution in [0.15, 0.2) is 24.3 Å². The van der Waals surface area contributed by atoms with Gasteiger partial charge >= 0.3 is 0 Å². The van der Waals surface area contributed by atoms with E-state index < -0.39 is 8.32 Å². The van der Waals surface area contributed by atoms with Gasteiger partial charge in [0, 0.05) is 6.61 Å². The van der Waals surface area contributed by atoms with Crippen molar-refractivity contribution in [2.75, 3.05) is 6.61 Å². The lowest BCUT2D eigenvalue weighted by molar-refractivity contribution is 0.316. The van der Waals surface area contributed by atoms with Crippen LogP contribution >= 0.6 is 0 Å². The minimum Gasteiger partial charge on any atom is -0.417 e. The number of hydrogen-bond donors (Lipinski definition) is 0. The topological polar surface area (TPSA) is 9.23 Å². The Balaban J connectivity index is 2.35. The molecule has 0 amide bonds. The normalized spacial score (nSPS) is 11.7. The first kappa shape index (κ1) is 11.5. The number of aryl methyl sites for hydroxylation is 1. The molecule has 0 aliphatic rings. The molecule has 0 aliphatic heterocycles. The van der Waals surface area contributed by atoms with E-state index >= 15 is 0 Å². The van der Waals surface area contributed by atoms with Crippen molar-refractivity contribution < 1.29 is 4.43 Å². The number of hydrogen-bond acceptors (Lipinski definition) is 1. The van der Waals surface area contributed by atoms with Crippen LogP contribution in [-0.4, -0.2) is 14.9 Å². The molecule has 0 bridgehead atoms. The molecule has 0 atom stereocenters. The van der Waals surface area contributed by atoms with Crippen LogP contribution < -0.4 is 0 Å². The summed E-state index contributed by atoms with van der Waals surface area (Å²) in [5, 5.41) is 0. The summed E-state index contributed by atoms with van der Waals surface area (Å²) >= 11 is 0. The molecule has 0 spiro atoms. The molecular formula is C12H20OSi. The molecule has 0 unspecified atom stereocenters. The van der Waals surface area contributed by atoms with Gasteiger partial charge in [-0.15, -0.1) is 0 Å². The zero-order valence-electron chi connectivity index (χ0n) is 9.63. The molecule has 0 saturated carbocycles. The van der Waals surface area contributed by atoms with Gasteiger partial charge in [-0.1, -0.05) is 29.8 Å². The largest absolute Gasteiger partial charge is 0.417 e. The molecule has 0 aliphatic carbocycles. The third-order valence-electron chi connectivity index (χ3n) is 2.05. The van der Waals surface area contributed by atoms with Crippen molar-refractivity contribution in [1.82, 2.24) is 0 Å². The minimum atomic E-state index is -1.32. The van der Waals surface area contributed by atoms with Gasteiger partial charge in [0.15, 0.2) is 8.32 Å². The Morgan fingerprint density at radius 3 is 2.14 bits per heavy atom. The molecular weight excluding hydrogens is 188 g/mol. The lowest BCUT2D eigenvalue weighted by atomic mass is 10.1. The predicted octanol–water partition coefficient (Wildman–Crippen LogP) is 3.39. The highest BCUT2D eigenvalue weighted by Gasteiger charge is 2.13. The molecule has 0 saturated heterocycles. The van der Waals surface area contributed by atoms with Crippen LogP contribution in [0.4, 0.5) is 0 Å². The van der Waals surface area contributed by atoms with E-state index in [1.807, 2.05) is 0 Å². The van der Waals surface area contributed by atoms with Gasteiger partial charge in [0.05, 0.1) is 0 Å². The van der Waals surface area contributed by atoms with E-state index in [2.05, 4.69) is 50.8 Å². The Morgan fingerprint density at radius 2 is 1.64 bits per heavy atom. The first-order chi connectivity index (χ1) is 6.47. The van der Waals surface area contributed by atoms with Gasteiger partial charge in [-0.2, -0.15) is 0 Å². The molecule has 78 valence electrons. The molecule has 0 heterocycles. The summed E-state index contributed by atoms with van der Waals surface area (Å²) in [6, 6.07) is 8.68. The van der Waals surface area contributed by atoms with Crippen LogP contribution in [0.3, 0.4) is 0 Å². The van der Waals surface area contributed by atoms with Gasteiger partial charge in [-0.25, -0.2) is 0 Å². The molecule has 1 rings (SSSR count). The van der Waals surface area contributed by atoms with Gasteiger partial charge in [-0.05, 0) is 38.5 Å². The van der Waals surface area contributed by atoms with E-state index in [0.717, 1.165) is 13.0 Å². The summed E-state index contributed by atoms with van der Waals surface area (Å²) in [5.74, 6) is 0. The SMILES string of the molecule is Cc1ccc(CCO[Si](C)(C)C)cc1. The van der Waals surface area contributed by atoms with Crippen molar-refractivity contribution in [2.45, 2.75) is 33.0 Å². The Morgan fingerprint density at radius 1 is 1.07 bits per heavy atom. The lowest BCUT2D eigenvalue weighted by Crippen LogP contribution is -2.26. The van der Waals surface area contributed by atoms with Crippen molar-refractivity contribution in [3.05, 3.63) is 35.4 Å². The van der Waals surface area contributed by atoms with E-state index in [-0.39, 0.29) is 0 Å². The molecule has 1 nitrogen and oxygen atoms in total. The van der Waals surface area contributed by atoms with Crippen molar-refractivity contribution in [3.63, 3.8) is 0 Å². The van der Waals surface area contributed by atoms with Gasteiger partial charge in [0.25, 0.3) is 0 Å². The quantitative estimate of drug-likeness (QED) is 0.689. The fourth-order valence-corrected chi connectivity index (χ4v) is 1.94. The number of benzene rings is 1. The predicted molar refractivity (Wildman–Crippen MR) is 64.2 cm³/mol. The third kappa shape index (κ3) is 4.58. The highest BCUT2D eigenvalue weighted by Crippen LogP contribution is 2.07. The maximum atomic E-state index is 5.80. The van der Waals surface area contributed by atoms with Crippen LogP contribution in [0.2, 0.25) is 19.6 Å². The van der Waals surface area contributed by atoms with Crippen molar-refractivity contribution in [2.24, 2.45) is 0 Å². The van der Waals surface area contributed by atoms with Gasteiger partial charge in [0.1, 0.15) is 0 Å². The van der Waals surface area contributed by atoms with Gasteiger partial charge < -0.3 is 4.43 Å². The molecule has 14 heavy (non-hydrogen) atoms. The monoisotopic (exact) mass is 208 g/mol. The maximum absolute atomic E-state index is 5.80. The van der Waals surface area contributed by atoms with Crippen LogP contribution in [0.1, 0.15) is 11.1 Å². The first-order valence-electron chi connectivity index (χ1n) is 5.17. The van der Waals surface area contributed by atoms with Crippen molar-refractivity contribution in [1.29, 1.82) is 0 Å². The molecule has 1 aromatic carbocycles. The zero-order valence-corrected chi connectivity index (χ0v) is 10.6. The first-order valence-corrected chi connectivity index (χ1v) is 8.58. The summed E-state index contributed by atoms with van der Waals surface area (Å²) in [6.07, 6.45) is 1.03. The molecule has 0 aromatic heterocycles. The fourth-order valence-electron chi connectivity index (χ4n) is 1.23. The molecule has 0 radical (unpaired) electrons. The van der Waals surface area contributed by atoms with E-state index in [9.17, 15) is 0 Å². The standard InChI is InChI=1S/C12H20OSi/c1-11-5-7-12(8-6-11)9-10-13-14(2,3)4/h5-8H,9-10H2,1-4H3. The van der Waals surface area contributed by atoms with Crippen molar-refractivity contribution in [3.8, 4) is 0 Å². The fraction of sp³-hybridized carbons (Fsp3) is 0.500. The molecule has 1 aromatic rings. The summed E-state index contributed by atoms with van der Waals surface area (Å²) in [7, 11) is -1.32. The van der Waals surface area contributed by atoms with Gasteiger partial charge in [0.2, 0.25) is 0 Å². The Labute approximate surface area is 88.2 Å². The third-order valence-corrected chi connectivity index (χ3v) is 3.12. The van der Waals surface area contributed by atoms with E-state index in [1.54, 1.807) is 0 Å². The second kappa shape index (κ2) is 4.76. The van der Waals surface area contributed by atoms with Crippen LogP contribution in [0.5, 0.6) is 0 Å². The summed E-state index contributed by atoms with van der Waals surface area (Å²) in [5.41, 5.74) is 2.69. The van der Waals surface area contributed by atoms with Crippen LogP contribution in [0.25, 0.3) is 0 Å². The molecule has 0 fully saturated rings. The Kier molecular flexibility index (Phi) is 3.90. The Hall–Kier alpha value is -0.603. The highest BCUT2D eigenvalue weighted by atomic mass is 28.4. The highest BCUT2D eigenvalue weighted by molar-refractivity contribution is 6.69. The second-order valence-electron chi connectivity index (χ2n) is 4.70. The molecule has 2 heteroatoms. The Bertz CT molecular complexity index is 271. The summed E-state index contributed by atoms with van der Waals surface area (Å²) < 4.78 is 5.80. The maximum Gasteiger partial charge on any atom is 0.183 e. The smallest absolute Gasteiger partial charge is 0.183 e. The lowest BCUT2D eigenvalue weighted by Gasteiger charge is -2.16. The van der Waals surface area contributed by atoms with E-state index in [1.165, 1.54) is 11.1 Å². The van der Waals surface area contributed by atoms with Gasteiger partial charge in [-0.3, -0.25) is 0 Å². The van der Waals surface area contributed by atoms with Crippen molar-refractivity contribution >= 4 is 8.32 Å². The summed E-state index contributed by atoms with van der Waals surface area (Å²) in [6.45, 7) is 9.65. The zero-order chi connectivity index (χ0) is 10.6. The summed E-state index contributed by atoms with van der Waals surface area (Å²) in [4.78, 5) is 0. The van der Waals surface area contributed by atoms with E-state index in [0.29, 0.717) is 0 Å². The second-order valence-corrected chi connectivity index (χ2v) is 9.21. The molecule has 0 N–H and O–H groups in total. The minimum absolute atomic E-state index is 0.860. The van der Waals surface area contributed by atoms with E-state index in [4.69, 9.17) is 4.43 Å².